The van der Waals surface area contributed by atoms with Gasteiger partial charge in [-0.05, 0) is 37.5 Å². The van der Waals surface area contributed by atoms with Gasteiger partial charge in [0.2, 0.25) is 0 Å². The molecule has 1 heterocycles. The monoisotopic (exact) mass is 235 g/mol. The van der Waals surface area contributed by atoms with E-state index in [1.165, 1.54) is 0 Å². The molecule has 2 aromatic rings. The summed E-state index contributed by atoms with van der Waals surface area (Å²) >= 11 is 0. The van der Waals surface area contributed by atoms with Gasteiger partial charge < -0.3 is 15.9 Å². The fraction of sp³-hybridized carbons (Fsp3) is 0.417. The van der Waals surface area contributed by atoms with Crippen LogP contribution in [0.1, 0.15) is 31.4 Å². The molecular formula is C12H17N3O2. The summed E-state index contributed by atoms with van der Waals surface area (Å²) in [5.74, 6) is -0.443. The summed E-state index contributed by atoms with van der Waals surface area (Å²) < 4.78 is 4.99. The van der Waals surface area contributed by atoms with Crippen LogP contribution in [0.25, 0.3) is 11.1 Å². The third-order valence-corrected chi connectivity index (χ3v) is 2.81. The fourth-order valence-corrected chi connectivity index (χ4v) is 1.80. The summed E-state index contributed by atoms with van der Waals surface area (Å²) in [5.41, 5.74) is 13.9. The Labute approximate surface area is 98.8 Å². The largest absolute Gasteiger partial charge is 0.417 e. The zero-order valence-electron chi connectivity index (χ0n) is 9.77. The second-order valence-corrected chi connectivity index (χ2v) is 4.43. The first-order valence-electron chi connectivity index (χ1n) is 5.70. The molecule has 0 aliphatic carbocycles. The molecule has 1 aromatic carbocycles. The number of nitrogens with one attached hydrogen (secondary N) is 1. The van der Waals surface area contributed by atoms with E-state index in [2.05, 4.69) is 4.98 Å². The van der Waals surface area contributed by atoms with Crippen LogP contribution in [0.4, 0.5) is 0 Å². The summed E-state index contributed by atoms with van der Waals surface area (Å²) in [5, 5.41) is 0. The van der Waals surface area contributed by atoms with E-state index in [-0.39, 0.29) is 12.1 Å². The minimum Gasteiger partial charge on any atom is -0.408 e. The van der Waals surface area contributed by atoms with Gasteiger partial charge in [-0.3, -0.25) is 4.98 Å². The SMILES string of the molecule is CC(N)CCC(N)c1ccc2[nH]c(=O)oc2c1. The van der Waals surface area contributed by atoms with Gasteiger partial charge in [0.15, 0.2) is 5.58 Å². The number of hydrogen-bond donors (Lipinski definition) is 3. The van der Waals surface area contributed by atoms with E-state index in [4.69, 9.17) is 15.9 Å². The van der Waals surface area contributed by atoms with Gasteiger partial charge >= 0.3 is 5.76 Å². The second-order valence-electron chi connectivity index (χ2n) is 4.43. The maximum Gasteiger partial charge on any atom is 0.417 e. The number of aromatic amines is 1. The predicted octanol–water partition coefficient (Wildman–Crippen LogP) is 1.25. The number of aromatic nitrogens is 1. The molecule has 0 aliphatic heterocycles. The minimum absolute atomic E-state index is 0.0781. The molecule has 92 valence electrons. The number of rotatable bonds is 4. The molecule has 2 rings (SSSR count). The Morgan fingerprint density at radius 3 is 2.82 bits per heavy atom. The Balaban J connectivity index is 2.20. The third-order valence-electron chi connectivity index (χ3n) is 2.81. The molecule has 2 atom stereocenters. The number of oxazole rings is 1. The topological polar surface area (TPSA) is 98.0 Å². The summed E-state index contributed by atoms with van der Waals surface area (Å²) in [6, 6.07) is 5.58. The number of H-pyrrole nitrogens is 1. The molecule has 0 saturated carbocycles. The van der Waals surface area contributed by atoms with Crippen LogP contribution in [-0.4, -0.2) is 11.0 Å². The molecule has 0 bridgehead atoms. The average Bonchev–Trinajstić information content (AvgIpc) is 2.64. The van der Waals surface area contributed by atoms with Gasteiger partial charge in [-0.25, -0.2) is 4.79 Å². The van der Waals surface area contributed by atoms with Crippen LogP contribution in [0.2, 0.25) is 0 Å². The van der Waals surface area contributed by atoms with Gasteiger partial charge in [0.05, 0.1) is 5.52 Å². The van der Waals surface area contributed by atoms with Crippen LogP contribution < -0.4 is 17.2 Å². The first-order chi connectivity index (χ1) is 8.06. The van der Waals surface area contributed by atoms with Crippen molar-refractivity contribution in [3.8, 4) is 0 Å². The minimum atomic E-state index is -0.443. The van der Waals surface area contributed by atoms with E-state index in [9.17, 15) is 4.79 Å². The van der Waals surface area contributed by atoms with E-state index in [1.807, 2.05) is 13.0 Å². The van der Waals surface area contributed by atoms with Crippen molar-refractivity contribution in [3.05, 3.63) is 34.3 Å². The summed E-state index contributed by atoms with van der Waals surface area (Å²) in [4.78, 5) is 13.6. The normalized spacial score (nSPS) is 15.0. The van der Waals surface area contributed by atoms with Gasteiger partial charge in [-0.1, -0.05) is 6.07 Å². The van der Waals surface area contributed by atoms with Crippen molar-refractivity contribution in [2.45, 2.75) is 31.8 Å². The van der Waals surface area contributed by atoms with Crippen molar-refractivity contribution in [2.24, 2.45) is 11.5 Å². The third kappa shape index (κ3) is 2.75. The van der Waals surface area contributed by atoms with E-state index in [1.54, 1.807) is 12.1 Å². The molecule has 5 N–H and O–H groups in total. The highest BCUT2D eigenvalue weighted by Crippen LogP contribution is 2.20. The molecule has 5 nitrogen and oxygen atoms in total. The Morgan fingerprint density at radius 2 is 2.12 bits per heavy atom. The van der Waals surface area contributed by atoms with Crippen LogP contribution >= 0.6 is 0 Å². The lowest BCUT2D eigenvalue weighted by Crippen LogP contribution is -2.18. The fourth-order valence-electron chi connectivity index (χ4n) is 1.80. The Kier molecular flexibility index (Phi) is 3.31. The average molecular weight is 235 g/mol. The van der Waals surface area contributed by atoms with Gasteiger partial charge in [0, 0.05) is 12.1 Å². The molecule has 0 amide bonds. The van der Waals surface area contributed by atoms with Crippen LogP contribution in [-0.2, 0) is 0 Å². The Hall–Kier alpha value is -1.59. The smallest absolute Gasteiger partial charge is 0.408 e. The molecule has 0 spiro atoms. The van der Waals surface area contributed by atoms with E-state index >= 15 is 0 Å². The van der Waals surface area contributed by atoms with Crippen LogP contribution in [0, 0.1) is 0 Å². The highest BCUT2D eigenvalue weighted by atomic mass is 16.4. The van der Waals surface area contributed by atoms with Gasteiger partial charge in [-0.15, -0.1) is 0 Å². The first-order valence-corrected chi connectivity index (χ1v) is 5.70. The molecule has 0 saturated heterocycles. The maximum absolute atomic E-state index is 11.0. The van der Waals surface area contributed by atoms with Crippen molar-refractivity contribution in [1.29, 1.82) is 0 Å². The van der Waals surface area contributed by atoms with Crippen LogP contribution in [0.3, 0.4) is 0 Å². The molecular weight excluding hydrogens is 218 g/mol. The lowest BCUT2D eigenvalue weighted by Gasteiger charge is -2.13. The van der Waals surface area contributed by atoms with Crippen molar-refractivity contribution >= 4 is 11.1 Å². The van der Waals surface area contributed by atoms with Crippen molar-refractivity contribution in [3.63, 3.8) is 0 Å². The van der Waals surface area contributed by atoms with Crippen molar-refractivity contribution in [2.75, 3.05) is 0 Å². The summed E-state index contributed by atoms with van der Waals surface area (Å²) in [6.45, 7) is 1.96. The Morgan fingerprint density at radius 1 is 1.35 bits per heavy atom. The van der Waals surface area contributed by atoms with Crippen molar-refractivity contribution < 1.29 is 4.42 Å². The molecule has 17 heavy (non-hydrogen) atoms. The molecule has 0 radical (unpaired) electrons. The Bertz CT molecular complexity index is 556. The van der Waals surface area contributed by atoms with Crippen LogP contribution in [0.5, 0.6) is 0 Å². The zero-order valence-corrected chi connectivity index (χ0v) is 9.77. The molecule has 0 aliphatic rings. The number of hydrogen-bond acceptors (Lipinski definition) is 4. The van der Waals surface area contributed by atoms with Gasteiger partial charge in [-0.2, -0.15) is 0 Å². The lowest BCUT2D eigenvalue weighted by molar-refractivity contribution is 0.546. The lowest BCUT2D eigenvalue weighted by atomic mass is 10.0. The number of fused-ring (bicyclic) bond motifs is 1. The molecule has 0 fully saturated rings. The van der Waals surface area contributed by atoms with Crippen LogP contribution in [0.15, 0.2) is 27.4 Å². The van der Waals surface area contributed by atoms with E-state index < -0.39 is 5.76 Å². The molecule has 2 unspecified atom stereocenters. The quantitative estimate of drug-likeness (QED) is 0.742. The standard InChI is InChI=1S/C12H17N3O2/c1-7(13)2-4-9(14)8-3-5-10-11(6-8)17-12(16)15-10/h3,5-7,9H,2,4,13-14H2,1H3,(H,15,16). The highest BCUT2D eigenvalue weighted by Gasteiger charge is 2.09. The first kappa shape index (κ1) is 11.9. The highest BCUT2D eigenvalue weighted by molar-refractivity contribution is 5.72. The van der Waals surface area contributed by atoms with Gasteiger partial charge in [0.1, 0.15) is 0 Å². The predicted molar refractivity (Wildman–Crippen MR) is 66.6 cm³/mol. The van der Waals surface area contributed by atoms with Crippen molar-refractivity contribution in [1.82, 2.24) is 4.98 Å². The molecule has 5 heteroatoms. The number of nitrogens with two attached hydrogens (primary N) is 2. The maximum atomic E-state index is 11.0. The summed E-state index contributed by atoms with van der Waals surface area (Å²) in [6.07, 6.45) is 1.69. The molecule has 1 aromatic heterocycles. The van der Waals surface area contributed by atoms with E-state index in [0.29, 0.717) is 11.1 Å². The van der Waals surface area contributed by atoms with Gasteiger partial charge in [0.25, 0.3) is 0 Å². The second kappa shape index (κ2) is 4.73. The summed E-state index contributed by atoms with van der Waals surface area (Å²) in [7, 11) is 0. The number of benzene rings is 1. The van der Waals surface area contributed by atoms with E-state index in [0.717, 1.165) is 18.4 Å². The zero-order chi connectivity index (χ0) is 12.4.